The molecule has 0 spiro atoms. The van der Waals surface area contributed by atoms with E-state index in [0.717, 1.165) is 0 Å². The van der Waals surface area contributed by atoms with Gasteiger partial charge in [-0.05, 0) is 0 Å². The van der Waals surface area contributed by atoms with Crippen LogP contribution in [0.5, 0.6) is 0 Å². The zero-order chi connectivity index (χ0) is 5.98. The van der Waals surface area contributed by atoms with Crippen molar-refractivity contribution in [2.45, 2.75) is 18.8 Å². The van der Waals surface area contributed by atoms with E-state index in [-0.39, 0.29) is 6.42 Å². The minimum atomic E-state index is -0.973. The third kappa shape index (κ3) is 1.40. The molecule has 48 valence electrons. The first-order valence-corrected chi connectivity index (χ1v) is 2.78. The molecular weight excluding hydrogens is 112 g/mol. The van der Waals surface area contributed by atoms with E-state index >= 15 is 0 Å². The predicted molar refractivity (Wildman–Crippen MR) is 27.3 cm³/mol. The number of alkyl halides is 2. The third-order valence-corrected chi connectivity index (χ3v) is 1.24. The van der Waals surface area contributed by atoms with Gasteiger partial charge >= 0.3 is 0 Å². The first-order chi connectivity index (χ1) is 3.79. The zero-order valence-corrected chi connectivity index (χ0v) is 4.53. The second-order valence-electron chi connectivity index (χ2n) is 2.09. The molecule has 0 aromatic carbocycles. The number of rotatable bonds is 0. The molecule has 0 amide bonds. The molecule has 1 fully saturated rings. The Morgan fingerprint density at radius 1 is 1.12 bits per heavy atom. The van der Waals surface area contributed by atoms with E-state index in [1.165, 1.54) is 0 Å². The van der Waals surface area contributed by atoms with Crippen LogP contribution < -0.4 is 5.32 Å². The molecule has 1 aliphatic rings. The van der Waals surface area contributed by atoms with Crippen molar-refractivity contribution in [1.82, 2.24) is 5.32 Å². The molecule has 3 heteroatoms. The lowest BCUT2D eigenvalue weighted by molar-refractivity contribution is 0.173. The van der Waals surface area contributed by atoms with Crippen molar-refractivity contribution in [3.63, 3.8) is 0 Å². The highest BCUT2D eigenvalue weighted by Gasteiger charge is 2.19. The Balaban J connectivity index is 2.23. The van der Waals surface area contributed by atoms with Gasteiger partial charge in [-0.25, -0.2) is 8.78 Å². The fourth-order valence-electron chi connectivity index (χ4n) is 0.841. The summed E-state index contributed by atoms with van der Waals surface area (Å²) in [4.78, 5) is 0. The normalized spacial score (nSPS) is 39.8. The van der Waals surface area contributed by atoms with E-state index in [9.17, 15) is 8.78 Å². The number of hydrogen-bond acceptors (Lipinski definition) is 1. The molecular formula is C5H9F2N. The van der Waals surface area contributed by atoms with Crippen LogP contribution in [-0.2, 0) is 0 Å². The van der Waals surface area contributed by atoms with Crippen LogP contribution in [0.3, 0.4) is 0 Å². The van der Waals surface area contributed by atoms with Gasteiger partial charge in [-0.3, -0.25) is 0 Å². The molecule has 0 unspecified atom stereocenters. The summed E-state index contributed by atoms with van der Waals surface area (Å²) in [6, 6.07) is 0. The van der Waals surface area contributed by atoms with Gasteiger partial charge in [0.2, 0.25) is 0 Å². The van der Waals surface area contributed by atoms with Crippen molar-refractivity contribution >= 4 is 0 Å². The highest BCUT2D eigenvalue weighted by Crippen LogP contribution is 2.08. The highest BCUT2D eigenvalue weighted by molar-refractivity contribution is 4.74. The topological polar surface area (TPSA) is 12.0 Å². The lowest BCUT2D eigenvalue weighted by atomic mass is 10.1. The van der Waals surface area contributed by atoms with Crippen LogP contribution in [0.2, 0.25) is 0 Å². The monoisotopic (exact) mass is 121 g/mol. The standard InChI is InChI=1S/C5H9F2N/c6-4-1-5(7)3-8-2-4/h4-5,8H,1-3H2/t4-,5-/m1/s1. The molecule has 0 bridgehead atoms. The molecule has 1 saturated heterocycles. The van der Waals surface area contributed by atoms with Gasteiger partial charge < -0.3 is 5.32 Å². The molecule has 1 N–H and O–H groups in total. The summed E-state index contributed by atoms with van der Waals surface area (Å²) in [5, 5.41) is 2.63. The number of piperidine rings is 1. The van der Waals surface area contributed by atoms with Crippen LogP contribution in [-0.4, -0.2) is 25.4 Å². The molecule has 1 nitrogen and oxygen atoms in total. The van der Waals surface area contributed by atoms with E-state index < -0.39 is 12.3 Å². The van der Waals surface area contributed by atoms with Crippen LogP contribution in [0.1, 0.15) is 6.42 Å². The lowest BCUT2D eigenvalue weighted by Gasteiger charge is -2.18. The van der Waals surface area contributed by atoms with Crippen molar-refractivity contribution in [1.29, 1.82) is 0 Å². The maximum atomic E-state index is 12.1. The van der Waals surface area contributed by atoms with Crippen LogP contribution >= 0.6 is 0 Å². The van der Waals surface area contributed by atoms with Gasteiger partial charge in [0.1, 0.15) is 12.3 Å². The fourth-order valence-corrected chi connectivity index (χ4v) is 0.841. The van der Waals surface area contributed by atoms with E-state index in [0.29, 0.717) is 13.1 Å². The van der Waals surface area contributed by atoms with Crippen molar-refractivity contribution in [2.24, 2.45) is 0 Å². The van der Waals surface area contributed by atoms with Crippen LogP contribution in [0.4, 0.5) is 8.78 Å². The minimum absolute atomic E-state index is 0.0764. The van der Waals surface area contributed by atoms with Crippen LogP contribution in [0, 0.1) is 0 Å². The Bertz CT molecular complexity index is 68.8. The number of nitrogens with one attached hydrogen (secondary N) is 1. The van der Waals surface area contributed by atoms with Crippen molar-refractivity contribution in [2.75, 3.05) is 13.1 Å². The summed E-state index contributed by atoms with van der Waals surface area (Å²) in [5.74, 6) is 0. The SMILES string of the molecule is F[C@H]1CNC[C@H](F)C1. The molecule has 0 saturated carbocycles. The van der Waals surface area contributed by atoms with Crippen molar-refractivity contribution < 1.29 is 8.78 Å². The second-order valence-corrected chi connectivity index (χ2v) is 2.09. The summed E-state index contributed by atoms with van der Waals surface area (Å²) in [7, 11) is 0. The summed E-state index contributed by atoms with van der Waals surface area (Å²) in [5.41, 5.74) is 0. The first kappa shape index (κ1) is 5.95. The summed E-state index contributed by atoms with van der Waals surface area (Å²) in [6.45, 7) is 0.640. The van der Waals surface area contributed by atoms with Gasteiger partial charge in [0.15, 0.2) is 0 Å². The fraction of sp³-hybridized carbons (Fsp3) is 1.00. The van der Waals surface area contributed by atoms with Crippen molar-refractivity contribution in [3.8, 4) is 0 Å². The van der Waals surface area contributed by atoms with Gasteiger partial charge in [-0.1, -0.05) is 0 Å². The van der Waals surface area contributed by atoms with Crippen molar-refractivity contribution in [3.05, 3.63) is 0 Å². The summed E-state index contributed by atoms with van der Waals surface area (Å²) < 4.78 is 24.3. The largest absolute Gasteiger partial charge is 0.311 e. The lowest BCUT2D eigenvalue weighted by Crippen LogP contribution is -2.38. The van der Waals surface area contributed by atoms with E-state index in [2.05, 4.69) is 5.32 Å². The molecule has 8 heavy (non-hydrogen) atoms. The molecule has 0 radical (unpaired) electrons. The molecule has 1 aliphatic heterocycles. The maximum absolute atomic E-state index is 12.1. The molecule has 1 heterocycles. The predicted octanol–water partition coefficient (Wildman–Crippen LogP) is 0.656. The summed E-state index contributed by atoms with van der Waals surface area (Å²) >= 11 is 0. The maximum Gasteiger partial charge on any atom is 0.115 e. The van der Waals surface area contributed by atoms with Crippen LogP contribution in [0.15, 0.2) is 0 Å². The molecule has 1 rings (SSSR count). The van der Waals surface area contributed by atoms with Gasteiger partial charge in [-0.2, -0.15) is 0 Å². The Labute approximate surface area is 47.1 Å². The van der Waals surface area contributed by atoms with E-state index in [4.69, 9.17) is 0 Å². The smallest absolute Gasteiger partial charge is 0.115 e. The average molecular weight is 121 g/mol. The van der Waals surface area contributed by atoms with Gasteiger partial charge in [0.25, 0.3) is 0 Å². The molecule has 0 aliphatic carbocycles. The third-order valence-electron chi connectivity index (χ3n) is 1.24. The van der Waals surface area contributed by atoms with E-state index in [1.54, 1.807) is 0 Å². The van der Waals surface area contributed by atoms with Crippen LogP contribution in [0.25, 0.3) is 0 Å². The summed E-state index contributed by atoms with van der Waals surface area (Å²) in [6.07, 6.45) is -1.87. The zero-order valence-electron chi connectivity index (χ0n) is 4.53. The Kier molecular flexibility index (Phi) is 1.78. The average Bonchev–Trinajstić information content (AvgIpc) is 1.64. The molecule has 0 aromatic heterocycles. The Morgan fingerprint density at radius 3 is 1.88 bits per heavy atom. The highest BCUT2D eigenvalue weighted by atomic mass is 19.1. The quantitative estimate of drug-likeness (QED) is 0.496. The van der Waals surface area contributed by atoms with Gasteiger partial charge in [0, 0.05) is 19.5 Å². The molecule has 0 aromatic rings. The molecule has 2 atom stereocenters. The first-order valence-electron chi connectivity index (χ1n) is 2.78. The van der Waals surface area contributed by atoms with E-state index in [1.807, 2.05) is 0 Å². The Morgan fingerprint density at radius 2 is 1.62 bits per heavy atom. The number of halogens is 2. The minimum Gasteiger partial charge on any atom is -0.311 e. The Hall–Kier alpha value is -0.180. The van der Waals surface area contributed by atoms with Gasteiger partial charge in [0.05, 0.1) is 0 Å². The second kappa shape index (κ2) is 2.40. The van der Waals surface area contributed by atoms with Gasteiger partial charge in [-0.15, -0.1) is 0 Å². The number of hydrogen-bond donors (Lipinski definition) is 1.